The van der Waals surface area contributed by atoms with E-state index in [0.29, 0.717) is 16.6 Å². The first-order valence-corrected chi connectivity index (χ1v) is 15.4. The van der Waals surface area contributed by atoms with Gasteiger partial charge < -0.3 is 8.83 Å². The summed E-state index contributed by atoms with van der Waals surface area (Å²) in [7, 11) is 0. The summed E-state index contributed by atoms with van der Waals surface area (Å²) in [6.07, 6.45) is -11.7. The van der Waals surface area contributed by atoms with Crippen molar-refractivity contribution < 1.29 is 69.4 Å². The Balaban J connectivity index is 0.00000435. The third-order valence-corrected chi connectivity index (χ3v) is 9.02. The number of furan rings is 2. The number of rotatable bonds is 4. The summed E-state index contributed by atoms with van der Waals surface area (Å²) in [5.41, 5.74) is -2.86. The Morgan fingerprint density at radius 1 is 0.566 bits per heavy atom. The normalized spacial score (nSPS) is 13.1. The molecule has 0 fully saturated rings. The van der Waals surface area contributed by atoms with Crippen LogP contribution in [0.5, 0.6) is 0 Å². The molecule has 274 valence electrons. The van der Waals surface area contributed by atoms with Crippen LogP contribution in [0.15, 0.2) is 81.9 Å². The second kappa shape index (κ2) is 12.0. The fourth-order valence-electron chi connectivity index (χ4n) is 6.52. The monoisotopic (exact) mass is 919 g/mol. The van der Waals surface area contributed by atoms with Crippen molar-refractivity contribution in [2.45, 2.75) is 44.7 Å². The first-order valence-electron chi connectivity index (χ1n) is 15.4. The fourth-order valence-corrected chi connectivity index (χ4v) is 6.52. The molecule has 6 nitrogen and oxygen atoms in total. The number of hydrogen-bond acceptors (Lipinski definition) is 4. The maximum absolute atomic E-state index is 14.6. The molecular formula is C37H21F9N4O2Pt. The SMILES string of the molecule is Cc1cn(-c2[c-]cc3oc4ccc(C(F)(F)F)cc4c3c2)nc1C(C)(C)c1nn(-c2[c-]cc3oc4ccc(C(F)(F)F)cc4c3c2)cc1C(F)(F)F.[Pt+2]. The van der Waals surface area contributed by atoms with Crippen molar-refractivity contribution in [1.82, 2.24) is 19.6 Å². The fraction of sp³-hybridized carbons (Fsp3) is 0.189. The van der Waals surface area contributed by atoms with Gasteiger partial charge in [0.25, 0.3) is 0 Å². The number of aryl methyl sites for hydroxylation is 1. The van der Waals surface area contributed by atoms with Crippen LogP contribution in [-0.4, -0.2) is 19.6 Å². The van der Waals surface area contributed by atoms with Crippen LogP contribution in [0.1, 0.15) is 47.5 Å². The predicted molar refractivity (Wildman–Crippen MR) is 171 cm³/mol. The molecule has 16 heteroatoms. The van der Waals surface area contributed by atoms with Crippen LogP contribution in [0, 0.1) is 19.1 Å². The Morgan fingerprint density at radius 2 is 1.00 bits per heavy atom. The van der Waals surface area contributed by atoms with E-state index in [2.05, 4.69) is 22.3 Å². The molecule has 0 aliphatic heterocycles. The summed E-state index contributed by atoms with van der Waals surface area (Å²) in [6.45, 7) is 4.67. The van der Waals surface area contributed by atoms with Crippen molar-refractivity contribution in [2.24, 2.45) is 0 Å². The Labute approximate surface area is 307 Å². The number of aromatic nitrogens is 4. The average molecular weight is 920 g/mol. The molecule has 4 aromatic heterocycles. The van der Waals surface area contributed by atoms with Gasteiger partial charge in [-0.2, -0.15) is 61.8 Å². The van der Waals surface area contributed by atoms with Crippen molar-refractivity contribution in [2.75, 3.05) is 0 Å². The zero-order chi connectivity index (χ0) is 37.1. The summed E-state index contributed by atoms with van der Waals surface area (Å²) >= 11 is 0. The third kappa shape index (κ3) is 6.08. The van der Waals surface area contributed by atoms with E-state index < -0.39 is 46.3 Å². The van der Waals surface area contributed by atoms with Crippen LogP contribution in [0.3, 0.4) is 0 Å². The molecule has 0 aliphatic carbocycles. The van der Waals surface area contributed by atoms with Gasteiger partial charge in [0.1, 0.15) is 11.2 Å². The first kappa shape index (κ1) is 36.3. The van der Waals surface area contributed by atoms with Crippen molar-refractivity contribution in [1.29, 1.82) is 0 Å². The number of nitrogens with zero attached hydrogens (tertiary/aromatic N) is 4. The van der Waals surface area contributed by atoms with Gasteiger partial charge in [-0.25, -0.2) is 0 Å². The van der Waals surface area contributed by atoms with Gasteiger partial charge in [-0.1, -0.05) is 10.8 Å². The second-order valence-electron chi connectivity index (χ2n) is 12.9. The molecule has 53 heavy (non-hydrogen) atoms. The van der Waals surface area contributed by atoms with Gasteiger partial charge in [-0.15, -0.1) is 24.3 Å². The summed E-state index contributed by atoms with van der Waals surface area (Å²) in [5, 5.41) is 9.85. The van der Waals surface area contributed by atoms with Crippen LogP contribution in [0.25, 0.3) is 55.3 Å². The van der Waals surface area contributed by atoms with Gasteiger partial charge >= 0.3 is 39.6 Å². The Hall–Kier alpha value is -5.04. The Bertz CT molecular complexity index is 2710. The zero-order valence-electron chi connectivity index (χ0n) is 27.3. The van der Waals surface area contributed by atoms with Crippen molar-refractivity contribution in [3.05, 3.63) is 119 Å². The van der Waals surface area contributed by atoms with E-state index in [-0.39, 0.29) is 70.9 Å². The molecule has 0 atom stereocenters. The van der Waals surface area contributed by atoms with Gasteiger partial charge in [0.05, 0.1) is 33.5 Å². The number of hydrogen-bond donors (Lipinski definition) is 0. The van der Waals surface area contributed by atoms with Crippen LogP contribution in [0.4, 0.5) is 39.5 Å². The summed E-state index contributed by atoms with van der Waals surface area (Å²) in [4.78, 5) is 0. The van der Waals surface area contributed by atoms with Gasteiger partial charge in [0.15, 0.2) is 0 Å². The second-order valence-corrected chi connectivity index (χ2v) is 12.9. The van der Waals surface area contributed by atoms with E-state index in [1.165, 1.54) is 54.9 Å². The van der Waals surface area contributed by atoms with Gasteiger partial charge in [0, 0.05) is 34.3 Å². The first-order chi connectivity index (χ1) is 24.3. The van der Waals surface area contributed by atoms with Gasteiger partial charge in [-0.3, -0.25) is 9.36 Å². The number of fused-ring (bicyclic) bond motifs is 6. The van der Waals surface area contributed by atoms with E-state index >= 15 is 0 Å². The van der Waals surface area contributed by atoms with E-state index in [9.17, 15) is 39.5 Å². The molecule has 0 spiro atoms. The van der Waals surface area contributed by atoms with Crippen molar-refractivity contribution >= 4 is 43.9 Å². The van der Waals surface area contributed by atoms with E-state index in [1.807, 2.05) is 0 Å². The predicted octanol–water partition coefficient (Wildman–Crippen LogP) is 11.1. The maximum atomic E-state index is 14.6. The van der Waals surface area contributed by atoms with Gasteiger partial charge in [0.2, 0.25) is 0 Å². The molecule has 0 bridgehead atoms. The summed E-state index contributed by atoms with van der Waals surface area (Å²) in [6, 6.07) is 17.5. The third-order valence-electron chi connectivity index (χ3n) is 9.02. The van der Waals surface area contributed by atoms with Crippen molar-refractivity contribution in [3.63, 3.8) is 0 Å². The summed E-state index contributed by atoms with van der Waals surface area (Å²) in [5.74, 6) is 0. The molecule has 0 N–H and O–H groups in total. The van der Waals surface area contributed by atoms with Crippen LogP contribution in [-0.2, 0) is 45.0 Å². The molecule has 0 aliphatic rings. The molecule has 4 heterocycles. The molecule has 0 unspecified atom stereocenters. The van der Waals surface area contributed by atoms with E-state index in [4.69, 9.17) is 8.83 Å². The molecule has 0 radical (unpaired) electrons. The summed E-state index contributed by atoms with van der Waals surface area (Å²) < 4.78 is 138. The van der Waals surface area contributed by atoms with Crippen molar-refractivity contribution in [3.8, 4) is 11.4 Å². The minimum absolute atomic E-state index is 0. The molecule has 8 aromatic rings. The number of alkyl halides is 9. The molecule has 0 amide bonds. The molecule has 8 rings (SSSR count). The number of halogens is 9. The number of benzene rings is 4. The molecular weight excluding hydrogens is 898 g/mol. The molecule has 4 aromatic carbocycles. The van der Waals surface area contributed by atoms with Gasteiger partial charge in [-0.05, 0) is 74.1 Å². The zero-order valence-corrected chi connectivity index (χ0v) is 29.5. The molecule has 0 saturated heterocycles. The van der Waals surface area contributed by atoms with E-state index in [0.717, 1.165) is 35.1 Å². The average Bonchev–Trinajstić information content (AvgIpc) is 3.85. The largest absolute Gasteiger partial charge is 2.00 e. The smallest absolute Gasteiger partial charge is 0.516 e. The molecule has 0 saturated carbocycles. The minimum atomic E-state index is -4.87. The Morgan fingerprint density at radius 3 is 1.45 bits per heavy atom. The van der Waals surface area contributed by atoms with Crippen LogP contribution in [0.2, 0.25) is 0 Å². The van der Waals surface area contributed by atoms with Crippen LogP contribution >= 0.6 is 0 Å². The minimum Gasteiger partial charge on any atom is -0.516 e. The Kier molecular flexibility index (Phi) is 8.22. The topological polar surface area (TPSA) is 61.9 Å². The quantitative estimate of drug-likeness (QED) is 0.130. The van der Waals surface area contributed by atoms with Crippen LogP contribution < -0.4 is 0 Å². The standard InChI is InChI=1S/C37H21F9N4O2.Pt/c1-18-16-49(21-6-10-30-25(14-21)23-12-19(35(38,39)40)4-8-28(23)51-30)47-32(18)34(2,3)33-27(37(44,45)46)17-50(48-33)22-7-11-31-26(15-22)24-13-20(36(41,42)43)5-9-29(24)52-31;/h4-5,8-17H,1-3H3;/q-2;+2. The maximum Gasteiger partial charge on any atom is 2.00 e. The van der Waals surface area contributed by atoms with E-state index in [1.54, 1.807) is 13.1 Å².